The van der Waals surface area contributed by atoms with Crippen LogP contribution in [0.15, 0.2) is 41.0 Å². The van der Waals surface area contributed by atoms with E-state index in [9.17, 15) is 4.79 Å². The predicted octanol–water partition coefficient (Wildman–Crippen LogP) is 4.89. The van der Waals surface area contributed by atoms with Gasteiger partial charge in [-0.05, 0) is 55.3 Å². The van der Waals surface area contributed by atoms with E-state index in [1.807, 2.05) is 19.9 Å². The molecule has 0 aliphatic rings. The van der Waals surface area contributed by atoms with Crippen LogP contribution in [0, 0.1) is 13.8 Å². The Labute approximate surface area is 145 Å². The average Bonchev–Trinajstić information content (AvgIpc) is 2.95. The molecule has 0 unspecified atom stereocenters. The lowest BCUT2D eigenvalue weighted by Gasteiger charge is -2.07. The van der Waals surface area contributed by atoms with Crippen molar-refractivity contribution in [2.75, 3.05) is 12.4 Å². The second kappa shape index (κ2) is 6.57. The number of halogens is 1. The summed E-state index contributed by atoms with van der Waals surface area (Å²) in [7, 11) is 1.60. The maximum Gasteiger partial charge on any atom is 0.228 e. The van der Waals surface area contributed by atoms with E-state index >= 15 is 0 Å². The van der Waals surface area contributed by atoms with Gasteiger partial charge in [-0.1, -0.05) is 11.6 Å². The molecule has 4 nitrogen and oxygen atoms in total. The largest absolute Gasteiger partial charge is 0.497 e. The maximum atomic E-state index is 12.3. The quantitative estimate of drug-likeness (QED) is 0.733. The van der Waals surface area contributed by atoms with Gasteiger partial charge in [0.15, 0.2) is 0 Å². The van der Waals surface area contributed by atoms with Crippen LogP contribution in [-0.2, 0) is 11.2 Å². The molecule has 0 atom stereocenters. The fourth-order valence-electron chi connectivity index (χ4n) is 2.79. The SMILES string of the molecule is COc1ccc(NC(=O)Cc2coc3cc(C)c(Cl)c(C)c23)cc1. The minimum absolute atomic E-state index is 0.112. The summed E-state index contributed by atoms with van der Waals surface area (Å²) in [5, 5.41) is 4.49. The van der Waals surface area contributed by atoms with Crippen LogP contribution in [0.2, 0.25) is 5.02 Å². The highest BCUT2D eigenvalue weighted by molar-refractivity contribution is 6.33. The predicted molar refractivity (Wildman–Crippen MR) is 96.0 cm³/mol. The first-order chi connectivity index (χ1) is 11.5. The first-order valence-corrected chi connectivity index (χ1v) is 7.97. The number of rotatable bonds is 4. The second-order valence-corrected chi connectivity index (χ2v) is 6.10. The molecule has 0 fully saturated rings. The van der Waals surface area contributed by atoms with Crippen LogP contribution in [0.25, 0.3) is 11.0 Å². The number of carbonyl (C=O) groups excluding carboxylic acids is 1. The summed E-state index contributed by atoms with van der Waals surface area (Å²) in [6, 6.07) is 9.10. The lowest BCUT2D eigenvalue weighted by molar-refractivity contribution is -0.115. The highest BCUT2D eigenvalue weighted by Gasteiger charge is 2.15. The number of anilines is 1. The molecule has 1 aromatic heterocycles. The van der Waals surface area contributed by atoms with Gasteiger partial charge in [-0.2, -0.15) is 0 Å². The lowest BCUT2D eigenvalue weighted by Crippen LogP contribution is -2.14. The molecule has 2 aromatic carbocycles. The van der Waals surface area contributed by atoms with Crippen LogP contribution in [0.5, 0.6) is 5.75 Å². The van der Waals surface area contributed by atoms with Crippen molar-refractivity contribution in [1.29, 1.82) is 0 Å². The summed E-state index contributed by atoms with van der Waals surface area (Å²) in [6.07, 6.45) is 1.85. The number of amides is 1. The van der Waals surface area contributed by atoms with Crippen LogP contribution in [0.1, 0.15) is 16.7 Å². The van der Waals surface area contributed by atoms with Crippen molar-refractivity contribution >= 4 is 34.2 Å². The molecule has 0 saturated carbocycles. The van der Waals surface area contributed by atoms with Gasteiger partial charge in [0.2, 0.25) is 5.91 Å². The minimum Gasteiger partial charge on any atom is -0.497 e. The zero-order chi connectivity index (χ0) is 17.3. The molecule has 0 saturated heterocycles. The molecule has 24 heavy (non-hydrogen) atoms. The zero-order valence-corrected chi connectivity index (χ0v) is 14.5. The smallest absolute Gasteiger partial charge is 0.228 e. The van der Waals surface area contributed by atoms with E-state index in [0.717, 1.165) is 39.1 Å². The molecule has 0 bridgehead atoms. The highest BCUT2D eigenvalue weighted by atomic mass is 35.5. The first kappa shape index (κ1) is 16.4. The molecular weight excluding hydrogens is 326 g/mol. The van der Waals surface area contributed by atoms with E-state index in [1.165, 1.54) is 0 Å². The van der Waals surface area contributed by atoms with Crippen LogP contribution in [-0.4, -0.2) is 13.0 Å². The fraction of sp³-hybridized carbons (Fsp3) is 0.211. The van der Waals surface area contributed by atoms with Gasteiger partial charge in [-0.15, -0.1) is 0 Å². The third kappa shape index (κ3) is 3.10. The number of fused-ring (bicyclic) bond motifs is 1. The van der Waals surface area contributed by atoms with E-state index in [2.05, 4.69) is 5.32 Å². The highest BCUT2D eigenvalue weighted by Crippen LogP contribution is 2.32. The molecule has 0 aliphatic heterocycles. The second-order valence-electron chi connectivity index (χ2n) is 5.72. The van der Waals surface area contributed by atoms with E-state index in [0.29, 0.717) is 5.02 Å². The Morgan fingerprint density at radius 3 is 2.62 bits per heavy atom. The van der Waals surface area contributed by atoms with Gasteiger partial charge in [0, 0.05) is 21.7 Å². The topological polar surface area (TPSA) is 51.5 Å². The first-order valence-electron chi connectivity index (χ1n) is 7.59. The summed E-state index contributed by atoms with van der Waals surface area (Å²) in [6.45, 7) is 3.88. The number of furan rings is 1. The van der Waals surface area contributed by atoms with Gasteiger partial charge in [-0.3, -0.25) is 4.79 Å². The van der Waals surface area contributed by atoms with Crippen LogP contribution < -0.4 is 10.1 Å². The number of hydrogen-bond donors (Lipinski definition) is 1. The van der Waals surface area contributed by atoms with E-state index in [-0.39, 0.29) is 12.3 Å². The Morgan fingerprint density at radius 1 is 1.25 bits per heavy atom. The van der Waals surface area contributed by atoms with E-state index in [4.69, 9.17) is 20.8 Å². The van der Waals surface area contributed by atoms with Crippen molar-refractivity contribution in [1.82, 2.24) is 0 Å². The van der Waals surface area contributed by atoms with E-state index in [1.54, 1.807) is 37.6 Å². The Kier molecular flexibility index (Phi) is 4.49. The summed E-state index contributed by atoms with van der Waals surface area (Å²) in [5.74, 6) is 0.633. The number of ether oxygens (including phenoxy) is 1. The minimum atomic E-state index is -0.112. The van der Waals surface area contributed by atoms with Gasteiger partial charge in [0.1, 0.15) is 11.3 Å². The van der Waals surface area contributed by atoms with Gasteiger partial charge in [0.05, 0.1) is 19.8 Å². The Balaban J connectivity index is 1.81. The van der Waals surface area contributed by atoms with Crippen molar-refractivity contribution in [2.45, 2.75) is 20.3 Å². The summed E-state index contributed by atoms with van der Waals surface area (Å²) >= 11 is 6.33. The molecule has 3 rings (SSSR count). The molecule has 1 N–H and O–H groups in total. The summed E-state index contributed by atoms with van der Waals surface area (Å²) < 4.78 is 10.7. The van der Waals surface area contributed by atoms with Gasteiger partial charge in [0.25, 0.3) is 0 Å². The van der Waals surface area contributed by atoms with Crippen LogP contribution in [0.3, 0.4) is 0 Å². The van der Waals surface area contributed by atoms with Gasteiger partial charge < -0.3 is 14.5 Å². The molecule has 124 valence electrons. The van der Waals surface area contributed by atoms with Crippen LogP contribution >= 0.6 is 11.6 Å². The number of hydrogen-bond acceptors (Lipinski definition) is 3. The number of aryl methyl sites for hydroxylation is 2. The Morgan fingerprint density at radius 2 is 1.96 bits per heavy atom. The Hall–Kier alpha value is -2.46. The molecule has 5 heteroatoms. The number of carbonyl (C=O) groups is 1. The molecule has 0 radical (unpaired) electrons. The maximum absolute atomic E-state index is 12.3. The molecule has 1 amide bonds. The Bertz CT molecular complexity index is 897. The normalized spacial score (nSPS) is 10.8. The van der Waals surface area contributed by atoms with Crippen molar-refractivity contribution in [3.05, 3.63) is 58.3 Å². The van der Waals surface area contributed by atoms with Crippen molar-refractivity contribution in [3.63, 3.8) is 0 Å². The van der Waals surface area contributed by atoms with E-state index < -0.39 is 0 Å². The van der Waals surface area contributed by atoms with Crippen molar-refractivity contribution in [2.24, 2.45) is 0 Å². The molecule has 3 aromatic rings. The standard InChI is InChI=1S/C19H18ClNO3/c1-11-8-16-18(12(2)19(11)20)13(10-24-16)9-17(22)21-14-4-6-15(23-3)7-5-14/h4-8,10H,9H2,1-3H3,(H,21,22). The zero-order valence-electron chi connectivity index (χ0n) is 13.8. The average molecular weight is 344 g/mol. The number of benzene rings is 2. The van der Waals surface area contributed by atoms with Gasteiger partial charge in [-0.25, -0.2) is 0 Å². The molecule has 0 aliphatic carbocycles. The van der Waals surface area contributed by atoms with Crippen LogP contribution in [0.4, 0.5) is 5.69 Å². The molecular formula is C19H18ClNO3. The summed E-state index contributed by atoms with van der Waals surface area (Å²) in [5.41, 5.74) is 4.20. The monoisotopic (exact) mass is 343 g/mol. The lowest BCUT2D eigenvalue weighted by atomic mass is 10.0. The third-order valence-corrected chi connectivity index (χ3v) is 4.60. The summed E-state index contributed by atoms with van der Waals surface area (Å²) in [4.78, 5) is 12.3. The molecule has 0 spiro atoms. The fourth-order valence-corrected chi connectivity index (χ4v) is 2.94. The number of nitrogens with one attached hydrogen (secondary N) is 1. The van der Waals surface area contributed by atoms with Crippen molar-refractivity contribution in [3.8, 4) is 5.75 Å². The van der Waals surface area contributed by atoms with Crippen molar-refractivity contribution < 1.29 is 13.9 Å². The molecule has 1 heterocycles. The number of methoxy groups -OCH3 is 1. The third-order valence-electron chi connectivity index (χ3n) is 4.02. The van der Waals surface area contributed by atoms with Gasteiger partial charge >= 0.3 is 0 Å².